The van der Waals surface area contributed by atoms with Gasteiger partial charge in [0.1, 0.15) is 11.4 Å². The quantitative estimate of drug-likeness (QED) is 0.581. The summed E-state index contributed by atoms with van der Waals surface area (Å²) in [4.78, 5) is 24.5. The van der Waals surface area contributed by atoms with E-state index in [0.717, 1.165) is 5.56 Å². The molecule has 130 valence electrons. The predicted molar refractivity (Wildman–Crippen MR) is 87.3 cm³/mol. The van der Waals surface area contributed by atoms with Crippen molar-refractivity contribution >= 4 is 11.8 Å². The average Bonchev–Trinajstić information content (AvgIpc) is 2.84. The van der Waals surface area contributed by atoms with Crippen molar-refractivity contribution in [3.05, 3.63) is 33.9 Å². The van der Waals surface area contributed by atoms with Crippen LogP contribution >= 0.6 is 0 Å². The molecule has 2 aliphatic heterocycles. The van der Waals surface area contributed by atoms with E-state index in [2.05, 4.69) is 0 Å². The van der Waals surface area contributed by atoms with Gasteiger partial charge in [-0.1, -0.05) is 0 Å². The number of piperidine rings is 1. The number of amides is 1. The summed E-state index contributed by atoms with van der Waals surface area (Å²) in [5.74, 6) is 0.714. The number of nitrogens with zero attached hydrogens (tertiary/aromatic N) is 2. The number of fused-ring (bicyclic) bond motifs is 2. The van der Waals surface area contributed by atoms with Gasteiger partial charge in [0, 0.05) is 36.2 Å². The molecule has 0 aromatic heterocycles. The van der Waals surface area contributed by atoms with Gasteiger partial charge in [-0.05, 0) is 39.7 Å². The van der Waals surface area contributed by atoms with Crippen molar-refractivity contribution in [1.29, 1.82) is 0 Å². The van der Waals surface area contributed by atoms with E-state index < -0.39 is 5.60 Å². The molecule has 2 aliphatic rings. The number of hydrogen-bond acceptors (Lipinski definition) is 5. The Morgan fingerprint density at radius 2 is 2.00 bits per heavy atom. The Hall–Kier alpha value is -2.31. The first-order chi connectivity index (χ1) is 11.2. The number of benzene rings is 1. The minimum atomic E-state index is -0.518. The highest BCUT2D eigenvalue weighted by Crippen LogP contribution is 2.46. The summed E-state index contributed by atoms with van der Waals surface area (Å²) in [5, 5.41) is 11.0. The number of likely N-dealkylation sites (tertiary alicyclic amines) is 1. The first-order valence-corrected chi connectivity index (χ1v) is 8.10. The van der Waals surface area contributed by atoms with E-state index in [1.165, 1.54) is 6.07 Å². The number of hydrogen-bond donors (Lipinski definition) is 0. The van der Waals surface area contributed by atoms with Gasteiger partial charge in [0.15, 0.2) is 0 Å². The molecule has 0 radical (unpaired) electrons. The maximum Gasteiger partial charge on any atom is 0.410 e. The van der Waals surface area contributed by atoms with Crippen LogP contribution in [0.3, 0.4) is 0 Å². The van der Waals surface area contributed by atoms with E-state index in [1.807, 2.05) is 20.8 Å². The summed E-state index contributed by atoms with van der Waals surface area (Å²) < 4.78 is 11.2. The SMILES string of the molecule is CC(C)(C)OC(=O)N1CCC2(CC1)COc1ccc([N+](=O)[O-])cc12. The topological polar surface area (TPSA) is 81.9 Å². The van der Waals surface area contributed by atoms with Crippen LogP contribution in [0.2, 0.25) is 0 Å². The molecule has 1 amide bonds. The fourth-order valence-corrected chi connectivity index (χ4v) is 3.32. The van der Waals surface area contributed by atoms with E-state index in [4.69, 9.17) is 9.47 Å². The lowest BCUT2D eigenvalue weighted by Crippen LogP contribution is -2.47. The van der Waals surface area contributed by atoms with Gasteiger partial charge in [-0.25, -0.2) is 4.79 Å². The first-order valence-electron chi connectivity index (χ1n) is 8.10. The number of nitro groups is 1. The fourth-order valence-electron chi connectivity index (χ4n) is 3.32. The molecule has 1 fully saturated rings. The average molecular weight is 334 g/mol. The van der Waals surface area contributed by atoms with Gasteiger partial charge in [0.2, 0.25) is 0 Å². The van der Waals surface area contributed by atoms with Crippen LogP contribution in [0.4, 0.5) is 10.5 Å². The highest BCUT2D eigenvalue weighted by atomic mass is 16.6. The molecule has 1 aromatic carbocycles. The smallest absolute Gasteiger partial charge is 0.410 e. The fraction of sp³-hybridized carbons (Fsp3) is 0.588. The molecule has 0 N–H and O–H groups in total. The number of ether oxygens (including phenoxy) is 2. The molecule has 0 unspecified atom stereocenters. The van der Waals surface area contributed by atoms with E-state index in [1.54, 1.807) is 17.0 Å². The van der Waals surface area contributed by atoms with Crippen LogP contribution in [-0.2, 0) is 10.2 Å². The third kappa shape index (κ3) is 3.02. The van der Waals surface area contributed by atoms with Crippen molar-refractivity contribution in [3.8, 4) is 5.75 Å². The molecular weight excluding hydrogens is 312 g/mol. The molecular formula is C17H22N2O5. The molecule has 1 aromatic rings. The zero-order chi connectivity index (χ0) is 17.5. The van der Waals surface area contributed by atoms with E-state index >= 15 is 0 Å². The Labute approximate surface area is 140 Å². The number of rotatable bonds is 1. The van der Waals surface area contributed by atoms with Crippen molar-refractivity contribution in [3.63, 3.8) is 0 Å². The summed E-state index contributed by atoms with van der Waals surface area (Å²) in [5.41, 5.74) is 0.198. The zero-order valence-electron chi connectivity index (χ0n) is 14.2. The van der Waals surface area contributed by atoms with Gasteiger partial charge >= 0.3 is 6.09 Å². The third-order valence-electron chi connectivity index (χ3n) is 4.62. The van der Waals surface area contributed by atoms with Gasteiger partial charge in [0.25, 0.3) is 5.69 Å². The number of carbonyl (C=O) groups excluding carboxylic acids is 1. The normalized spacial score (nSPS) is 18.9. The molecule has 0 saturated carbocycles. The molecule has 0 bridgehead atoms. The minimum Gasteiger partial charge on any atom is -0.492 e. The maximum atomic E-state index is 12.2. The predicted octanol–water partition coefficient (Wildman–Crippen LogP) is 3.26. The lowest BCUT2D eigenvalue weighted by molar-refractivity contribution is -0.385. The van der Waals surface area contributed by atoms with Crippen LogP contribution in [0.15, 0.2) is 18.2 Å². The highest BCUT2D eigenvalue weighted by Gasteiger charge is 2.45. The second kappa shape index (κ2) is 5.65. The maximum absolute atomic E-state index is 12.2. The molecule has 0 aliphatic carbocycles. The lowest BCUT2D eigenvalue weighted by Gasteiger charge is -2.38. The highest BCUT2D eigenvalue weighted by molar-refractivity contribution is 5.68. The third-order valence-corrected chi connectivity index (χ3v) is 4.62. The number of carbonyl (C=O) groups is 1. The molecule has 24 heavy (non-hydrogen) atoms. The standard InChI is InChI=1S/C17H22N2O5/c1-16(2,3)24-15(20)18-8-6-17(7-9-18)11-23-14-5-4-12(19(21)22)10-13(14)17/h4-5,10H,6-9,11H2,1-3H3. The van der Waals surface area contributed by atoms with Crippen LogP contribution in [0, 0.1) is 10.1 Å². The second-order valence-electron chi connectivity index (χ2n) is 7.47. The minimum absolute atomic E-state index is 0.0770. The molecule has 7 nitrogen and oxygen atoms in total. The number of non-ortho nitro benzene ring substituents is 1. The van der Waals surface area contributed by atoms with Crippen LogP contribution < -0.4 is 4.74 Å². The largest absolute Gasteiger partial charge is 0.492 e. The van der Waals surface area contributed by atoms with Gasteiger partial charge in [-0.3, -0.25) is 10.1 Å². The van der Waals surface area contributed by atoms with Gasteiger partial charge in [-0.2, -0.15) is 0 Å². The number of nitro benzene ring substituents is 1. The van der Waals surface area contributed by atoms with Crippen LogP contribution in [-0.4, -0.2) is 41.2 Å². The molecule has 0 atom stereocenters. The Bertz CT molecular complexity index is 672. The van der Waals surface area contributed by atoms with Crippen molar-refractivity contribution < 1.29 is 19.2 Å². The lowest BCUT2D eigenvalue weighted by atomic mass is 9.74. The van der Waals surface area contributed by atoms with Gasteiger partial charge in [0.05, 0.1) is 11.5 Å². The van der Waals surface area contributed by atoms with Gasteiger partial charge in [-0.15, -0.1) is 0 Å². The van der Waals surface area contributed by atoms with E-state index in [-0.39, 0.29) is 22.1 Å². The summed E-state index contributed by atoms with van der Waals surface area (Å²) in [6, 6.07) is 4.75. The van der Waals surface area contributed by atoms with Gasteiger partial charge < -0.3 is 14.4 Å². The zero-order valence-corrected chi connectivity index (χ0v) is 14.2. The van der Waals surface area contributed by atoms with Crippen LogP contribution in [0.5, 0.6) is 5.75 Å². The summed E-state index contributed by atoms with van der Waals surface area (Å²) >= 11 is 0. The second-order valence-corrected chi connectivity index (χ2v) is 7.47. The summed E-state index contributed by atoms with van der Waals surface area (Å²) in [6.07, 6.45) is 1.11. The van der Waals surface area contributed by atoms with E-state index in [9.17, 15) is 14.9 Å². The molecule has 7 heteroatoms. The first kappa shape index (κ1) is 16.5. The Kier molecular flexibility index (Phi) is 3.89. The summed E-state index contributed by atoms with van der Waals surface area (Å²) in [7, 11) is 0. The monoisotopic (exact) mass is 334 g/mol. The van der Waals surface area contributed by atoms with Crippen LogP contribution in [0.25, 0.3) is 0 Å². The molecule has 2 heterocycles. The van der Waals surface area contributed by atoms with Crippen molar-refractivity contribution in [2.24, 2.45) is 0 Å². The Balaban J connectivity index is 1.75. The molecule has 1 saturated heterocycles. The van der Waals surface area contributed by atoms with Crippen molar-refractivity contribution in [2.45, 2.75) is 44.6 Å². The Morgan fingerprint density at radius 3 is 2.58 bits per heavy atom. The van der Waals surface area contributed by atoms with Crippen molar-refractivity contribution in [1.82, 2.24) is 4.90 Å². The van der Waals surface area contributed by atoms with E-state index in [0.29, 0.717) is 38.3 Å². The van der Waals surface area contributed by atoms with Crippen molar-refractivity contribution in [2.75, 3.05) is 19.7 Å². The van der Waals surface area contributed by atoms with Crippen LogP contribution in [0.1, 0.15) is 39.2 Å². The summed E-state index contributed by atoms with van der Waals surface area (Å²) in [6.45, 7) is 7.15. The molecule has 3 rings (SSSR count). The Morgan fingerprint density at radius 1 is 1.33 bits per heavy atom. The molecule has 1 spiro atoms.